The van der Waals surface area contributed by atoms with Crippen LogP contribution in [0.25, 0.3) is 0 Å². The first-order valence-corrected chi connectivity index (χ1v) is 15.0. The number of hydrogen-bond acceptors (Lipinski definition) is 6. The Labute approximate surface area is 228 Å². The number of carbonyl (C=O) groups excluding carboxylic acids is 1. The summed E-state index contributed by atoms with van der Waals surface area (Å²) in [5, 5.41) is 1.79. The summed E-state index contributed by atoms with van der Waals surface area (Å²) in [5.41, 5.74) is -1.21. The van der Waals surface area contributed by atoms with Crippen LogP contribution in [0.4, 0.5) is 34.8 Å². The van der Waals surface area contributed by atoms with Gasteiger partial charge in [0.05, 0.1) is 24.9 Å². The number of benzene rings is 1. The number of aromatic nitrogens is 1. The number of para-hydroxylation sites is 1. The molecule has 0 aliphatic carbocycles. The number of nitrogens with zero attached hydrogens (tertiary/aromatic N) is 3. The van der Waals surface area contributed by atoms with E-state index in [-0.39, 0.29) is 24.5 Å². The topological polar surface area (TPSA) is 82.6 Å². The second kappa shape index (κ2) is 11.5. The molecule has 0 saturated carbocycles. The number of thiophene rings is 1. The van der Waals surface area contributed by atoms with E-state index in [2.05, 4.69) is 16.6 Å². The van der Waals surface area contributed by atoms with Gasteiger partial charge in [-0.05, 0) is 48.4 Å². The largest absolute Gasteiger partial charge is 0.433 e. The minimum absolute atomic E-state index is 0.0555. The molecule has 0 radical (unpaired) electrons. The molecule has 1 saturated heterocycles. The first kappa shape index (κ1) is 28.8. The SMILES string of the molecule is CC1CCN(c2nc(C(F)(F)F)ccc2CN(C(=O)Cc2cccs2)c2cccc(F)c2NS(C)(=O)=O)CC1. The lowest BCUT2D eigenvalue weighted by Crippen LogP contribution is -2.37. The van der Waals surface area contributed by atoms with Gasteiger partial charge >= 0.3 is 6.18 Å². The number of pyridine rings is 1. The van der Waals surface area contributed by atoms with E-state index in [1.165, 1.54) is 34.4 Å². The third-order valence-electron chi connectivity index (χ3n) is 6.43. The van der Waals surface area contributed by atoms with Gasteiger partial charge in [0.15, 0.2) is 0 Å². The summed E-state index contributed by atoms with van der Waals surface area (Å²) in [5.74, 6) is -0.878. The molecule has 1 amide bonds. The predicted molar refractivity (Wildman–Crippen MR) is 144 cm³/mol. The standard InChI is InChI=1S/C26H28F4N4O3S2/c1-17-10-12-33(13-11-17)25-18(8-9-22(31-25)26(28,29)30)16-34(23(35)15-19-5-4-14-38-19)21-7-3-6-20(27)24(21)32-39(2,36)37/h3-9,14,17,32H,10-13,15-16H2,1-2H3. The Balaban J connectivity index is 1.81. The average Bonchev–Trinajstić information content (AvgIpc) is 3.36. The summed E-state index contributed by atoms with van der Waals surface area (Å²) in [7, 11) is -3.93. The van der Waals surface area contributed by atoms with Crippen LogP contribution in [0.5, 0.6) is 0 Å². The lowest BCUT2D eigenvalue weighted by molar-refractivity contribution is -0.141. The fourth-order valence-corrected chi connectivity index (χ4v) is 5.68. The van der Waals surface area contributed by atoms with Crippen LogP contribution in [0.15, 0.2) is 47.8 Å². The summed E-state index contributed by atoms with van der Waals surface area (Å²) < 4.78 is 81.9. The van der Waals surface area contributed by atoms with Crippen LogP contribution in [-0.2, 0) is 34.0 Å². The summed E-state index contributed by atoms with van der Waals surface area (Å²) in [6, 6.07) is 9.43. The first-order valence-electron chi connectivity index (χ1n) is 12.2. The van der Waals surface area contributed by atoms with Crippen molar-refractivity contribution >= 4 is 44.5 Å². The maximum Gasteiger partial charge on any atom is 0.433 e. The van der Waals surface area contributed by atoms with Crippen molar-refractivity contribution in [1.82, 2.24) is 4.98 Å². The fourth-order valence-electron chi connectivity index (χ4n) is 4.41. The molecule has 4 rings (SSSR count). The van der Waals surface area contributed by atoms with Gasteiger partial charge in [-0.1, -0.05) is 25.1 Å². The third-order valence-corrected chi connectivity index (χ3v) is 7.89. The molecule has 1 aliphatic rings. The van der Waals surface area contributed by atoms with Crippen molar-refractivity contribution in [2.45, 2.75) is 38.9 Å². The van der Waals surface area contributed by atoms with Crippen molar-refractivity contribution in [3.8, 4) is 0 Å². The molecule has 3 heterocycles. The highest BCUT2D eigenvalue weighted by atomic mass is 32.2. The highest BCUT2D eigenvalue weighted by Crippen LogP contribution is 2.36. The Hall–Kier alpha value is -3.19. The number of hydrogen-bond donors (Lipinski definition) is 1. The molecule has 0 bridgehead atoms. The zero-order valence-electron chi connectivity index (χ0n) is 21.3. The summed E-state index contributed by atoms with van der Waals surface area (Å²) in [6.07, 6.45) is -2.34. The summed E-state index contributed by atoms with van der Waals surface area (Å²) >= 11 is 1.34. The minimum atomic E-state index is -4.67. The fraction of sp³-hybridized carbons (Fsp3) is 0.385. The lowest BCUT2D eigenvalue weighted by atomic mass is 9.99. The Bertz CT molecular complexity index is 1420. The molecule has 1 aromatic carbocycles. The maximum absolute atomic E-state index is 14.9. The molecule has 210 valence electrons. The second-order valence-electron chi connectivity index (χ2n) is 9.59. The van der Waals surface area contributed by atoms with Crippen LogP contribution in [0.1, 0.15) is 35.9 Å². The minimum Gasteiger partial charge on any atom is -0.356 e. The van der Waals surface area contributed by atoms with Crippen LogP contribution in [0.2, 0.25) is 0 Å². The summed E-state index contributed by atoms with van der Waals surface area (Å²) in [4.78, 5) is 21.3. The smallest absolute Gasteiger partial charge is 0.356 e. The van der Waals surface area contributed by atoms with E-state index in [9.17, 15) is 30.8 Å². The van der Waals surface area contributed by atoms with Crippen molar-refractivity contribution in [3.63, 3.8) is 0 Å². The van der Waals surface area contributed by atoms with Gasteiger partial charge in [0.2, 0.25) is 15.9 Å². The average molecular weight is 585 g/mol. The van der Waals surface area contributed by atoms with Gasteiger partial charge in [0, 0.05) is 23.5 Å². The van der Waals surface area contributed by atoms with E-state index in [1.54, 1.807) is 22.4 Å². The molecule has 1 N–H and O–H groups in total. The number of nitrogens with one attached hydrogen (secondary N) is 1. The number of amides is 1. The van der Waals surface area contributed by atoms with E-state index >= 15 is 0 Å². The molecule has 39 heavy (non-hydrogen) atoms. The Morgan fingerprint density at radius 1 is 1.15 bits per heavy atom. The van der Waals surface area contributed by atoms with Crippen molar-refractivity contribution < 1.29 is 30.8 Å². The van der Waals surface area contributed by atoms with E-state index in [0.29, 0.717) is 24.6 Å². The molecule has 2 aromatic heterocycles. The number of carbonyl (C=O) groups is 1. The number of halogens is 4. The molecule has 3 aromatic rings. The molecule has 1 aliphatic heterocycles. The summed E-state index contributed by atoms with van der Waals surface area (Å²) in [6.45, 7) is 2.81. The Morgan fingerprint density at radius 3 is 2.49 bits per heavy atom. The molecule has 1 fully saturated rings. The van der Waals surface area contributed by atoms with Crippen LogP contribution >= 0.6 is 11.3 Å². The van der Waals surface area contributed by atoms with E-state index < -0.39 is 39.3 Å². The highest BCUT2D eigenvalue weighted by molar-refractivity contribution is 7.92. The lowest BCUT2D eigenvalue weighted by Gasteiger charge is -2.34. The quantitative estimate of drug-likeness (QED) is 0.345. The van der Waals surface area contributed by atoms with Crippen molar-refractivity contribution in [2.24, 2.45) is 5.92 Å². The van der Waals surface area contributed by atoms with Crippen LogP contribution in [-0.4, -0.2) is 38.7 Å². The normalized spacial score (nSPS) is 14.9. The van der Waals surface area contributed by atoms with E-state index in [1.807, 2.05) is 0 Å². The molecule has 0 atom stereocenters. The number of alkyl halides is 3. The Kier molecular flexibility index (Phi) is 8.50. The van der Waals surface area contributed by atoms with E-state index in [0.717, 1.165) is 36.1 Å². The van der Waals surface area contributed by atoms with Gasteiger partial charge in [0.25, 0.3) is 0 Å². The molecular weight excluding hydrogens is 556 g/mol. The molecular formula is C26H28F4N4O3S2. The number of sulfonamides is 1. The monoisotopic (exact) mass is 584 g/mol. The number of rotatable bonds is 8. The predicted octanol–water partition coefficient (Wildman–Crippen LogP) is 5.68. The molecule has 0 unspecified atom stereocenters. The van der Waals surface area contributed by atoms with Gasteiger partial charge in [-0.15, -0.1) is 11.3 Å². The Morgan fingerprint density at radius 2 is 1.87 bits per heavy atom. The highest BCUT2D eigenvalue weighted by Gasteiger charge is 2.35. The molecule has 0 spiro atoms. The van der Waals surface area contributed by atoms with Crippen molar-refractivity contribution in [2.75, 3.05) is 33.9 Å². The number of anilines is 3. The van der Waals surface area contributed by atoms with Gasteiger partial charge in [-0.2, -0.15) is 13.2 Å². The number of piperidine rings is 1. The van der Waals surface area contributed by atoms with Crippen LogP contribution in [0.3, 0.4) is 0 Å². The second-order valence-corrected chi connectivity index (χ2v) is 12.4. The third kappa shape index (κ3) is 7.27. The van der Waals surface area contributed by atoms with Crippen LogP contribution < -0.4 is 14.5 Å². The molecule has 7 nitrogen and oxygen atoms in total. The van der Waals surface area contributed by atoms with Crippen molar-refractivity contribution in [3.05, 3.63) is 69.8 Å². The zero-order chi connectivity index (χ0) is 28.4. The van der Waals surface area contributed by atoms with Crippen molar-refractivity contribution in [1.29, 1.82) is 0 Å². The van der Waals surface area contributed by atoms with Crippen LogP contribution in [0, 0.1) is 11.7 Å². The van der Waals surface area contributed by atoms with Gasteiger partial charge in [0.1, 0.15) is 23.0 Å². The van der Waals surface area contributed by atoms with Gasteiger partial charge < -0.3 is 9.80 Å². The molecule has 13 heteroatoms. The zero-order valence-corrected chi connectivity index (χ0v) is 23.0. The first-order chi connectivity index (χ1) is 18.3. The van der Waals surface area contributed by atoms with Gasteiger partial charge in [-0.3, -0.25) is 9.52 Å². The van der Waals surface area contributed by atoms with E-state index in [4.69, 9.17) is 0 Å². The van der Waals surface area contributed by atoms with Gasteiger partial charge in [-0.25, -0.2) is 17.8 Å². The maximum atomic E-state index is 14.9.